The van der Waals surface area contributed by atoms with Crippen molar-refractivity contribution in [1.29, 1.82) is 0 Å². The van der Waals surface area contributed by atoms with E-state index in [4.69, 9.17) is 0 Å². The fourth-order valence-corrected chi connectivity index (χ4v) is 1.86. The van der Waals surface area contributed by atoms with Crippen LogP contribution in [-0.4, -0.2) is 9.91 Å². The maximum atomic E-state index is 13.9. The molecule has 2 aromatic rings. The molecular formula is C14H14FN3O2. The summed E-state index contributed by atoms with van der Waals surface area (Å²) in [4.78, 5) is 14.0. The van der Waals surface area contributed by atoms with Gasteiger partial charge < -0.3 is 5.32 Å². The second-order valence-corrected chi connectivity index (χ2v) is 4.40. The van der Waals surface area contributed by atoms with Crippen molar-refractivity contribution in [2.45, 2.75) is 19.5 Å². The van der Waals surface area contributed by atoms with E-state index >= 15 is 0 Å². The highest BCUT2D eigenvalue weighted by atomic mass is 19.1. The van der Waals surface area contributed by atoms with Crippen molar-refractivity contribution in [3.05, 3.63) is 69.8 Å². The van der Waals surface area contributed by atoms with Crippen molar-refractivity contribution in [1.82, 2.24) is 10.3 Å². The first-order valence-electron chi connectivity index (χ1n) is 6.14. The molecule has 0 unspecified atom stereocenters. The molecule has 0 fully saturated rings. The molecule has 1 aromatic carbocycles. The minimum atomic E-state index is -0.789. The topological polar surface area (TPSA) is 68.1 Å². The van der Waals surface area contributed by atoms with Gasteiger partial charge in [0.2, 0.25) is 5.82 Å². The number of hydrogen-bond donors (Lipinski definition) is 1. The third kappa shape index (κ3) is 3.16. The number of nitrogens with one attached hydrogen (secondary N) is 1. The second kappa shape index (κ2) is 6.21. The molecule has 5 nitrogen and oxygen atoms in total. The van der Waals surface area contributed by atoms with Crippen LogP contribution >= 0.6 is 0 Å². The number of pyridine rings is 1. The van der Waals surface area contributed by atoms with Gasteiger partial charge in [-0.3, -0.25) is 15.1 Å². The van der Waals surface area contributed by atoms with Gasteiger partial charge in [0.25, 0.3) is 0 Å². The van der Waals surface area contributed by atoms with Gasteiger partial charge in [-0.15, -0.1) is 0 Å². The molecule has 6 heteroatoms. The highest BCUT2D eigenvalue weighted by Crippen LogP contribution is 2.21. The Balaban J connectivity index is 2.08. The Hall–Kier alpha value is -2.34. The van der Waals surface area contributed by atoms with Gasteiger partial charge in [-0.25, -0.2) is 0 Å². The molecule has 0 amide bonds. The summed E-state index contributed by atoms with van der Waals surface area (Å²) in [6.45, 7) is 2.13. The van der Waals surface area contributed by atoms with Gasteiger partial charge >= 0.3 is 5.69 Å². The van der Waals surface area contributed by atoms with Gasteiger partial charge in [0.15, 0.2) is 0 Å². The average molecular weight is 275 g/mol. The zero-order valence-electron chi connectivity index (χ0n) is 10.9. The van der Waals surface area contributed by atoms with E-state index in [-0.39, 0.29) is 18.2 Å². The van der Waals surface area contributed by atoms with Crippen LogP contribution in [0.25, 0.3) is 0 Å². The average Bonchev–Trinajstić information content (AvgIpc) is 2.46. The first-order chi connectivity index (χ1) is 9.59. The van der Waals surface area contributed by atoms with Crippen LogP contribution in [-0.2, 0) is 6.54 Å². The first kappa shape index (κ1) is 14.1. The van der Waals surface area contributed by atoms with Crippen molar-refractivity contribution in [3.63, 3.8) is 0 Å². The summed E-state index contributed by atoms with van der Waals surface area (Å²) in [5.74, 6) is -0.789. The number of benzene rings is 1. The van der Waals surface area contributed by atoms with Crippen LogP contribution in [0.4, 0.5) is 10.1 Å². The van der Waals surface area contributed by atoms with Crippen molar-refractivity contribution in [3.8, 4) is 0 Å². The zero-order valence-corrected chi connectivity index (χ0v) is 10.9. The Bertz CT molecular complexity index is 605. The second-order valence-electron chi connectivity index (χ2n) is 4.40. The number of hydrogen-bond acceptors (Lipinski definition) is 4. The molecule has 20 heavy (non-hydrogen) atoms. The van der Waals surface area contributed by atoms with Crippen molar-refractivity contribution in [2.75, 3.05) is 0 Å². The van der Waals surface area contributed by atoms with E-state index in [2.05, 4.69) is 10.3 Å². The fourth-order valence-electron chi connectivity index (χ4n) is 1.86. The molecule has 1 aromatic heterocycles. The SMILES string of the molecule is C[C@H](NCc1cccc([N+](=O)[O-])c1F)c1cccnc1. The monoisotopic (exact) mass is 275 g/mol. The van der Waals surface area contributed by atoms with Crippen LogP contribution in [0.15, 0.2) is 42.7 Å². The van der Waals surface area contributed by atoms with Crippen LogP contribution in [0.2, 0.25) is 0 Å². The van der Waals surface area contributed by atoms with Crippen LogP contribution in [0.3, 0.4) is 0 Å². The van der Waals surface area contributed by atoms with Crippen molar-refractivity contribution < 1.29 is 9.31 Å². The van der Waals surface area contributed by atoms with Gasteiger partial charge in [0, 0.05) is 36.6 Å². The van der Waals surface area contributed by atoms with Crippen molar-refractivity contribution >= 4 is 5.69 Å². The van der Waals surface area contributed by atoms with Gasteiger partial charge in [0.1, 0.15) is 0 Å². The predicted octanol–water partition coefficient (Wildman–Crippen LogP) is 2.98. The highest BCUT2D eigenvalue weighted by molar-refractivity contribution is 5.36. The molecule has 0 spiro atoms. The maximum Gasteiger partial charge on any atom is 0.305 e. The molecular weight excluding hydrogens is 261 g/mol. The fraction of sp³-hybridized carbons (Fsp3) is 0.214. The summed E-state index contributed by atoms with van der Waals surface area (Å²) in [6, 6.07) is 7.87. The molecule has 1 N–H and O–H groups in total. The summed E-state index contributed by atoms with van der Waals surface area (Å²) in [7, 11) is 0. The summed E-state index contributed by atoms with van der Waals surface area (Å²) in [6.07, 6.45) is 3.40. The third-order valence-electron chi connectivity index (χ3n) is 3.04. The maximum absolute atomic E-state index is 13.9. The molecule has 104 valence electrons. The highest BCUT2D eigenvalue weighted by Gasteiger charge is 2.17. The van der Waals surface area contributed by atoms with E-state index in [1.807, 2.05) is 19.1 Å². The molecule has 0 aliphatic rings. The number of nitrogens with zero attached hydrogens (tertiary/aromatic N) is 2. The van der Waals surface area contributed by atoms with Gasteiger partial charge in [0.05, 0.1) is 4.92 Å². The number of halogens is 1. The van der Waals surface area contributed by atoms with E-state index in [0.717, 1.165) is 11.6 Å². The summed E-state index contributed by atoms with van der Waals surface area (Å²) < 4.78 is 13.9. The largest absolute Gasteiger partial charge is 0.306 e. The number of nitro benzene ring substituents is 1. The Labute approximate surface area is 115 Å². The zero-order chi connectivity index (χ0) is 14.5. The van der Waals surface area contributed by atoms with E-state index in [9.17, 15) is 14.5 Å². The molecule has 0 saturated carbocycles. The smallest absolute Gasteiger partial charge is 0.305 e. The molecule has 0 aliphatic carbocycles. The Morgan fingerprint density at radius 2 is 2.20 bits per heavy atom. The van der Waals surface area contributed by atoms with Crippen LogP contribution < -0.4 is 5.32 Å². The Morgan fingerprint density at radius 1 is 1.40 bits per heavy atom. The number of aromatic nitrogens is 1. The standard InChI is InChI=1S/C14H14FN3O2/c1-10(11-5-3-7-16-8-11)17-9-12-4-2-6-13(14(12)15)18(19)20/h2-8,10,17H,9H2,1H3/t10-/m0/s1. The Kier molecular flexibility index (Phi) is 4.37. The number of rotatable bonds is 5. The molecule has 2 rings (SSSR count). The minimum absolute atomic E-state index is 0.0256. The summed E-state index contributed by atoms with van der Waals surface area (Å²) in [5.41, 5.74) is 0.742. The lowest BCUT2D eigenvalue weighted by atomic mass is 10.1. The first-order valence-corrected chi connectivity index (χ1v) is 6.14. The van der Waals surface area contributed by atoms with E-state index in [0.29, 0.717) is 0 Å². The van der Waals surface area contributed by atoms with E-state index in [1.165, 1.54) is 12.1 Å². The molecule has 1 atom stereocenters. The minimum Gasteiger partial charge on any atom is -0.306 e. The normalized spacial score (nSPS) is 12.1. The molecule has 1 heterocycles. The van der Waals surface area contributed by atoms with Crippen LogP contribution in [0, 0.1) is 15.9 Å². The Morgan fingerprint density at radius 3 is 2.85 bits per heavy atom. The van der Waals surface area contributed by atoms with Crippen LogP contribution in [0.1, 0.15) is 24.1 Å². The molecule has 0 saturated heterocycles. The lowest BCUT2D eigenvalue weighted by molar-refractivity contribution is -0.387. The van der Waals surface area contributed by atoms with Crippen LogP contribution in [0.5, 0.6) is 0 Å². The van der Waals surface area contributed by atoms with Crippen molar-refractivity contribution in [2.24, 2.45) is 0 Å². The quantitative estimate of drug-likeness (QED) is 0.672. The third-order valence-corrected chi connectivity index (χ3v) is 3.04. The summed E-state index contributed by atoms with van der Waals surface area (Å²) in [5, 5.41) is 13.8. The van der Waals surface area contributed by atoms with Gasteiger partial charge in [-0.1, -0.05) is 18.2 Å². The lowest BCUT2D eigenvalue weighted by Crippen LogP contribution is -2.19. The van der Waals surface area contributed by atoms with E-state index < -0.39 is 16.4 Å². The van der Waals surface area contributed by atoms with E-state index in [1.54, 1.807) is 12.4 Å². The predicted molar refractivity (Wildman–Crippen MR) is 72.5 cm³/mol. The summed E-state index contributed by atoms with van der Waals surface area (Å²) >= 11 is 0. The number of nitro groups is 1. The van der Waals surface area contributed by atoms with Gasteiger partial charge in [-0.2, -0.15) is 4.39 Å². The lowest BCUT2D eigenvalue weighted by Gasteiger charge is -2.14. The van der Waals surface area contributed by atoms with Gasteiger partial charge in [-0.05, 0) is 18.6 Å². The molecule has 0 bridgehead atoms. The molecule has 0 radical (unpaired) electrons. The molecule has 0 aliphatic heterocycles.